The number of benzene rings is 2. The standard InChI is InChI=1S/C24H23Cl2N3O3/c1-17(24(31)28-14-19-5-4-12-27-13-19)29(15-18-8-10-20(25)11-9-18)23(30)16-32-22-7-3-2-6-21(22)26/h2-13,17H,14-16H2,1H3,(H,28,31). The van der Waals surface area contributed by atoms with E-state index in [1.165, 1.54) is 4.90 Å². The number of pyridine rings is 1. The normalized spacial score (nSPS) is 11.5. The molecule has 3 aromatic rings. The van der Waals surface area contributed by atoms with Crippen LogP contribution in [0.1, 0.15) is 18.1 Å². The average molecular weight is 472 g/mol. The van der Waals surface area contributed by atoms with Gasteiger partial charge in [0.15, 0.2) is 6.61 Å². The number of nitrogens with one attached hydrogen (secondary N) is 1. The molecule has 3 rings (SSSR count). The Bertz CT molecular complexity index is 1050. The summed E-state index contributed by atoms with van der Waals surface area (Å²) in [4.78, 5) is 31.4. The van der Waals surface area contributed by atoms with Gasteiger partial charge in [-0.05, 0) is 48.4 Å². The molecule has 0 aliphatic rings. The predicted octanol–water partition coefficient (Wildman–Crippen LogP) is 4.50. The second kappa shape index (κ2) is 11.5. The van der Waals surface area contributed by atoms with E-state index in [-0.39, 0.29) is 25.0 Å². The van der Waals surface area contributed by atoms with Crippen LogP contribution >= 0.6 is 23.2 Å². The molecule has 166 valence electrons. The minimum absolute atomic E-state index is 0.226. The van der Waals surface area contributed by atoms with Crippen LogP contribution in [-0.4, -0.2) is 34.3 Å². The molecular formula is C24H23Cl2N3O3. The molecule has 0 saturated heterocycles. The highest BCUT2D eigenvalue weighted by Gasteiger charge is 2.26. The number of nitrogens with zero attached hydrogens (tertiary/aromatic N) is 2. The zero-order chi connectivity index (χ0) is 22.9. The number of para-hydroxylation sites is 1. The highest BCUT2D eigenvalue weighted by Crippen LogP contribution is 2.23. The highest BCUT2D eigenvalue weighted by molar-refractivity contribution is 6.32. The number of hydrogen-bond donors (Lipinski definition) is 1. The molecule has 2 aromatic carbocycles. The molecule has 0 fully saturated rings. The second-order valence-corrected chi connectivity index (χ2v) is 7.97. The van der Waals surface area contributed by atoms with Crippen molar-refractivity contribution in [1.82, 2.24) is 15.2 Å². The van der Waals surface area contributed by atoms with E-state index in [1.807, 2.05) is 18.2 Å². The van der Waals surface area contributed by atoms with E-state index < -0.39 is 6.04 Å². The molecule has 0 aliphatic heterocycles. The van der Waals surface area contributed by atoms with Gasteiger partial charge in [-0.25, -0.2) is 0 Å². The van der Waals surface area contributed by atoms with Crippen molar-refractivity contribution in [1.29, 1.82) is 0 Å². The first-order valence-electron chi connectivity index (χ1n) is 10.0. The van der Waals surface area contributed by atoms with Gasteiger partial charge in [0.05, 0.1) is 5.02 Å². The van der Waals surface area contributed by atoms with Gasteiger partial charge in [-0.2, -0.15) is 0 Å². The maximum absolute atomic E-state index is 13.1. The predicted molar refractivity (Wildman–Crippen MR) is 124 cm³/mol. The number of aromatic nitrogens is 1. The summed E-state index contributed by atoms with van der Waals surface area (Å²) in [6, 6.07) is 17.0. The Morgan fingerprint density at radius 2 is 1.78 bits per heavy atom. The summed E-state index contributed by atoms with van der Waals surface area (Å²) in [6.45, 7) is 1.97. The van der Waals surface area contributed by atoms with Crippen LogP contribution in [0.3, 0.4) is 0 Å². The van der Waals surface area contributed by atoms with E-state index in [0.29, 0.717) is 22.3 Å². The molecule has 0 bridgehead atoms. The monoisotopic (exact) mass is 471 g/mol. The third-order valence-electron chi connectivity index (χ3n) is 4.81. The number of halogens is 2. The maximum Gasteiger partial charge on any atom is 0.261 e. The fraction of sp³-hybridized carbons (Fsp3) is 0.208. The topological polar surface area (TPSA) is 71.5 Å². The Morgan fingerprint density at radius 1 is 1.03 bits per heavy atom. The number of ether oxygens (including phenoxy) is 1. The van der Waals surface area contributed by atoms with Crippen molar-refractivity contribution < 1.29 is 14.3 Å². The van der Waals surface area contributed by atoms with Gasteiger partial charge in [0.1, 0.15) is 11.8 Å². The summed E-state index contributed by atoms with van der Waals surface area (Å²) in [5, 5.41) is 3.86. The van der Waals surface area contributed by atoms with Gasteiger partial charge in [-0.3, -0.25) is 14.6 Å². The fourth-order valence-corrected chi connectivity index (χ4v) is 3.31. The molecule has 0 spiro atoms. The molecule has 1 aromatic heterocycles. The van der Waals surface area contributed by atoms with Crippen LogP contribution in [0.5, 0.6) is 5.75 Å². The lowest BCUT2D eigenvalue weighted by molar-refractivity contribution is -0.142. The van der Waals surface area contributed by atoms with Gasteiger partial charge in [0.2, 0.25) is 5.91 Å². The molecule has 6 nitrogen and oxygen atoms in total. The van der Waals surface area contributed by atoms with E-state index in [2.05, 4.69) is 10.3 Å². The minimum Gasteiger partial charge on any atom is -0.482 e. The fourth-order valence-electron chi connectivity index (χ4n) is 2.99. The molecule has 0 radical (unpaired) electrons. The molecule has 2 amide bonds. The van der Waals surface area contributed by atoms with Crippen LogP contribution in [0, 0.1) is 0 Å². The highest BCUT2D eigenvalue weighted by atomic mass is 35.5. The lowest BCUT2D eigenvalue weighted by Gasteiger charge is -2.29. The van der Waals surface area contributed by atoms with Crippen LogP contribution in [0.25, 0.3) is 0 Å². The molecule has 32 heavy (non-hydrogen) atoms. The number of amides is 2. The van der Waals surface area contributed by atoms with Crippen molar-refractivity contribution in [2.24, 2.45) is 0 Å². The third kappa shape index (κ3) is 6.70. The lowest BCUT2D eigenvalue weighted by Crippen LogP contribution is -2.48. The largest absolute Gasteiger partial charge is 0.482 e. The summed E-state index contributed by atoms with van der Waals surface area (Å²) in [5.74, 6) is -0.222. The number of hydrogen-bond acceptors (Lipinski definition) is 4. The van der Waals surface area contributed by atoms with Crippen molar-refractivity contribution in [2.75, 3.05) is 6.61 Å². The Labute approximate surface area is 197 Å². The maximum atomic E-state index is 13.1. The van der Waals surface area contributed by atoms with E-state index in [0.717, 1.165) is 11.1 Å². The average Bonchev–Trinajstić information content (AvgIpc) is 2.81. The van der Waals surface area contributed by atoms with Crippen LogP contribution in [0.15, 0.2) is 73.1 Å². The summed E-state index contributed by atoms with van der Waals surface area (Å²) < 4.78 is 5.61. The smallest absolute Gasteiger partial charge is 0.261 e. The summed E-state index contributed by atoms with van der Waals surface area (Å²) in [6.07, 6.45) is 3.35. The summed E-state index contributed by atoms with van der Waals surface area (Å²) in [5.41, 5.74) is 1.71. The Morgan fingerprint density at radius 3 is 2.47 bits per heavy atom. The lowest BCUT2D eigenvalue weighted by atomic mass is 10.1. The molecule has 0 aliphatic carbocycles. The Kier molecular flexibility index (Phi) is 8.48. The molecule has 0 saturated carbocycles. The van der Waals surface area contributed by atoms with Gasteiger partial charge in [0.25, 0.3) is 5.91 Å². The summed E-state index contributed by atoms with van der Waals surface area (Å²) in [7, 11) is 0. The first-order chi connectivity index (χ1) is 15.4. The molecule has 8 heteroatoms. The quantitative estimate of drug-likeness (QED) is 0.498. The van der Waals surface area contributed by atoms with Crippen molar-refractivity contribution in [2.45, 2.75) is 26.1 Å². The van der Waals surface area contributed by atoms with E-state index in [1.54, 1.807) is 61.8 Å². The first-order valence-corrected chi connectivity index (χ1v) is 10.8. The molecule has 1 atom stereocenters. The second-order valence-electron chi connectivity index (χ2n) is 7.12. The van der Waals surface area contributed by atoms with Crippen LogP contribution < -0.4 is 10.1 Å². The zero-order valence-electron chi connectivity index (χ0n) is 17.5. The van der Waals surface area contributed by atoms with E-state index in [4.69, 9.17) is 27.9 Å². The molecule has 1 N–H and O–H groups in total. The third-order valence-corrected chi connectivity index (χ3v) is 5.38. The molecule has 1 heterocycles. The van der Waals surface area contributed by atoms with Crippen LogP contribution in [-0.2, 0) is 22.7 Å². The van der Waals surface area contributed by atoms with Crippen LogP contribution in [0.2, 0.25) is 10.0 Å². The van der Waals surface area contributed by atoms with Gasteiger partial charge in [0, 0.05) is 30.5 Å². The Balaban J connectivity index is 1.71. The summed E-state index contributed by atoms with van der Waals surface area (Å²) >= 11 is 12.1. The van der Waals surface area contributed by atoms with Crippen molar-refractivity contribution in [3.05, 3.63) is 94.2 Å². The number of carbonyl (C=O) groups excluding carboxylic acids is 2. The minimum atomic E-state index is -0.732. The van der Waals surface area contributed by atoms with Crippen LogP contribution in [0.4, 0.5) is 0 Å². The van der Waals surface area contributed by atoms with Crippen molar-refractivity contribution >= 4 is 35.0 Å². The SMILES string of the molecule is CC(C(=O)NCc1cccnc1)N(Cc1ccc(Cl)cc1)C(=O)COc1ccccc1Cl. The van der Waals surface area contributed by atoms with Gasteiger partial charge in [-0.15, -0.1) is 0 Å². The van der Waals surface area contributed by atoms with E-state index >= 15 is 0 Å². The van der Waals surface area contributed by atoms with Crippen molar-refractivity contribution in [3.8, 4) is 5.75 Å². The van der Waals surface area contributed by atoms with Gasteiger partial charge < -0.3 is 15.0 Å². The first kappa shape index (κ1) is 23.6. The molecule has 1 unspecified atom stereocenters. The number of carbonyl (C=O) groups is 2. The van der Waals surface area contributed by atoms with Gasteiger partial charge in [-0.1, -0.05) is 53.5 Å². The zero-order valence-corrected chi connectivity index (χ0v) is 19.0. The van der Waals surface area contributed by atoms with Gasteiger partial charge >= 0.3 is 0 Å². The van der Waals surface area contributed by atoms with E-state index in [9.17, 15) is 9.59 Å². The molecular weight excluding hydrogens is 449 g/mol. The Hall–Kier alpha value is -3.09. The number of rotatable bonds is 9. The van der Waals surface area contributed by atoms with Crippen molar-refractivity contribution in [3.63, 3.8) is 0 Å².